The molecule has 5 nitrogen and oxygen atoms in total. The predicted octanol–water partition coefficient (Wildman–Crippen LogP) is 3.09. The van der Waals surface area contributed by atoms with Gasteiger partial charge in [0.25, 0.3) is 0 Å². The molecule has 1 aromatic carbocycles. The molecule has 0 heterocycles. The molecule has 1 unspecified atom stereocenters. The molecule has 0 aliphatic carbocycles. The van der Waals surface area contributed by atoms with E-state index >= 15 is 0 Å². The van der Waals surface area contributed by atoms with Crippen LogP contribution in [0.5, 0.6) is 11.5 Å². The summed E-state index contributed by atoms with van der Waals surface area (Å²) in [5.41, 5.74) is -0.219. The number of methoxy groups -OCH3 is 2. The minimum Gasteiger partial charge on any atom is -0.493 e. The van der Waals surface area contributed by atoms with Gasteiger partial charge in [0, 0.05) is 6.54 Å². The highest BCUT2D eigenvalue weighted by atomic mass is 35.5. The Kier molecular flexibility index (Phi) is 6.30. The fourth-order valence-corrected chi connectivity index (χ4v) is 2.43. The molecule has 118 valence electrons. The summed E-state index contributed by atoms with van der Waals surface area (Å²) in [7, 11) is 3.05. The zero-order valence-corrected chi connectivity index (χ0v) is 13.6. The molecule has 1 aromatic rings. The lowest BCUT2D eigenvalue weighted by atomic mass is 9.96. The Balaban J connectivity index is 2.96. The lowest BCUT2D eigenvalue weighted by Crippen LogP contribution is -2.48. The van der Waals surface area contributed by atoms with Gasteiger partial charge in [0.15, 0.2) is 11.5 Å². The summed E-state index contributed by atoms with van der Waals surface area (Å²) in [6.45, 7) is 3.96. The topological polar surface area (TPSA) is 67.8 Å². The van der Waals surface area contributed by atoms with Crippen molar-refractivity contribution < 1.29 is 19.4 Å². The summed E-state index contributed by atoms with van der Waals surface area (Å²) in [5.74, 6) is 0.118. The predicted molar refractivity (Wildman–Crippen MR) is 82.3 cm³/mol. The van der Waals surface area contributed by atoms with E-state index in [-0.39, 0.29) is 0 Å². The summed E-state index contributed by atoms with van der Waals surface area (Å²) in [4.78, 5) is 11.4. The first-order valence-corrected chi connectivity index (χ1v) is 7.15. The Hall–Kier alpha value is -1.46. The van der Waals surface area contributed by atoms with E-state index in [0.29, 0.717) is 29.5 Å². The van der Waals surface area contributed by atoms with Crippen molar-refractivity contribution in [2.75, 3.05) is 14.2 Å². The van der Waals surface area contributed by atoms with E-state index in [0.717, 1.165) is 12.0 Å². The molecule has 1 rings (SSSR count). The molecule has 21 heavy (non-hydrogen) atoms. The molecule has 1 atom stereocenters. The van der Waals surface area contributed by atoms with Crippen LogP contribution in [-0.2, 0) is 11.3 Å². The summed E-state index contributed by atoms with van der Waals surface area (Å²) < 4.78 is 10.4. The third kappa shape index (κ3) is 4.02. The van der Waals surface area contributed by atoms with Crippen molar-refractivity contribution in [3.8, 4) is 11.5 Å². The fourth-order valence-electron chi connectivity index (χ4n) is 2.13. The molecule has 0 aliphatic heterocycles. The summed E-state index contributed by atoms with van der Waals surface area (Å²) in [5, 5.41) is 12.8. The Morgan fingerprint density at radius 2 is 2.05 bits per heavy atom. The molecule has 0 radical (unpaired) electrons. The monoisotopic (exact) mass is 315 g/mol. The van der Waals surface area contributed by atoms with Crippen molar-refractivity contribution in [1.29, 1.82) is 0 Å². The molecule has 0 saturated carbocycles. The highest BCUT2D eigenvalue weighted by molar-refractivity contribution is 6.33. The van der Waals surface area contributed by atoms with Gasteiger partial charge in [-0.15, -0.1) is 0 Å². The van der Waals surface area contributed by atoms with Crippen LogP contribution in [0.25, 0.3) is 0 Å². The smallest absolute Gasteiger partial charge is 0.323 e. The van der Waals surface area contributed by atoms with Crippen LogP contribution in [0.4, 0.5) is 0 Å². The van der Waals surface area contributed by atoms with Crippen molar-refractivity contribution >= 4 is 17.6 Å². The average Bonchev–Trinajstić information content (AvgIpc) is 2.45. The van der Waals surface area contributed by atoms with Gasteiger partial charge in [0.2, 0.25) is 0 Å². The summed E-state index contributed by atoms with van der Waals surface area (Å²) in [6, 6.07) is 3.55. The van der Waals surface area contributed by atoms with Gasteiger partial charge in [-0.25, -0.2) is 0 Å². The third-order valence-electron chi connectivity index (χ3n) is 3.46. The second-order valence-corrected chi connectivity index (χ2v) is 5.39. The van der Waals surface area contributed by atoms with Gasteiger partial charge in [-0.2, -0.15) is 0 Å². The molecular weight excluding hydrogens is 294 g/mol. The third-order valence-corrected chi connectivity index (χ3v) is 3.87. The van der Waals surface area contributed by atoms with Crippen molar-refractivity contribution in [2.45, 2.75) is 38.8 Å². The lowest BCUT2D eigenvalue weighted by molar-refractivity contribution is -0.144. The maximum atomic E-state index is 11.4. The first kappa shape index (κ1) is 17.6. The molecule has 0 bridgehead atoms. The quantitative estimate of drug-likeness (QED) is 0.771. The van der Waals surface area contributed by atoms with Gasteiger partial charge in [-0.3, -0.25) is 10.1 Å². The van der Waals surface area contributed by atoms with Gasteiger partial charge >= 0.3 is 5.97 Å². The molecule has 2 N–H and O–H groups in total. The molecule has 0 amide bonds. The first-order valence-electron chi connectivity index (χ1n) is 6.77. The van der Waals surface area contributed by atoms with Gasteiger partial charge in [-0.05, 0) is 25.0 Å². The van der Waals surface area contributed by atoms with Crippen molar-refractivity contribution in [3.05, 3.63) is 22.7 Å². The molecular formula is C15H22ClNO4. The van der Waals surface area contributed by atoms with Crippen molar-refractivity contribution in [3.63, 3.8) is 0 Å². The second-order valence-electron chi connectivity index (χ2n) is 5.01. The van der Waals surface area contributed by atoms with E-state index in [1.807, 2.05) is 6.92 Å². The van der Waals surface area contributed by atoms with Crippen LogP contribution in [0.2, 0.25) is 5.02 Å². The van der Waals surface area contributed by atoms with Crippen LogP contribution in [0, 0.1) is 0 Å². The molecule has 0 spiro atoms. The Morgan fingerprint density at radius 3 is 2.52 bits per heavy atom. The highest BCUT2D eigenvalue weighted by Crippen LogP contribution is 2.37. The number of hydrogen-bond donors (Lipinski definition) is 2. The Labute approximate surface area is 130 Å². The number of rotatable bonds is 8. The van der Waals surface area contributed by atoms with E-state index < -0.39 is 11.5 Å². The molecule has 6 heteroatoms. The number of carboxylic acid groups (broad SMARTS) is 1. The number of halogens is 1. The number of benzene rings is 1. The Morgan fingerprint density at radius 1 is 1.38 bits per heavy atom. The van der Waals surface area contributed by atoms with Crippen LogP contribution < -0.4 is 14.8 Å². The van der Waals surface area contributed by atoms with Crippen LogP contribution in [0.15, 0.2) is 12.1 Å². The van der Waals surface area contributed by atoms with Gasteiger partial charge in [0.1, 0.15) is 5.54 Å². The number of aliphatic carboxylic acids is 1. The van der Waals surface area contributed by atoms with Gasteiger partial charge in [0.05, 0.1) is 19.2 Å². The van der Waals surface area contributed by atoms with E-state index in [1.54, 1.807) is 19.1 Å². The van der Waals surface area contributed by atoms with Crippen LogP contribution in [-0.4, -0.2) is 30.8 Å². The zero-order valence-electron chi connectivity index (χ0n) is 12.8. The van der Waals surface area contributed by atoms with Gasteiger partial charge in [-0.1, -0.05) is 31.0 Å². The van der Waals surface area contributed by atoms with Crippen molar-refractivity contribution in [2.24, 2.45) is 0 Å². The van der Waals surface area contributed by atoms with Crippen LogP contribution in [0.3, 0.4) is 0 Å². The average molecular weight is 316 g/mol. The van der Waals surface area contributed by atoms with E-state index in [9.17, 15) is 9.90 Å². The number of ether oxygens (including phenoxy) is 2. The van der Waals surface area contributed by atoms with E-state index in [4.69, 9.17) is 21.1 Å². The highest BCUT2D eigenvalue weighted by Gasteiger charge is 2.31. The number of carbonyl (C=O) groups is 1. The molecule has 0 saturated heterocycles. The molecule has 0 aliphatic rings. The van der Waals surface area contributed by atoms with E-state index in [2.05, 4.69) is 5.32 Å². The number of carboxylic acids is 1. The largest absolute Gasteiger partial charge is 0.493 e. The van der Waals surface area contributed by atoms with Crippen LogP contribution >= 0.6 is 11.6 Å². The number of hydrogen-bond acceptors (Lipinski definition) is 4. The normalized spacial score (nSPS) is 13.6. The second kappa shape index (κ2) is 7.52. The standard InChI is InChI=1S/C15H22ClNO4/c1-5-8-15(2,14(18)19)17-9-10-6-7-11(20-3)13(21-4)12(10)16/h6-7,17H,5,8-9H2,1-4H3,(H,18,19). The maximum absolute atomic E-state index is 11.4. The lowest BCUT2D eigenvalue weighted by Gasteiger charge is -2.26. The zero-order chi connectivity index (χ0) is 16.0. The molecule has 0 fully saturated rings. The van der Waals surface area contributed by atoms with E-state index in [1.165, 1.54) is 14.2 Å². The van der Waals surface area contributed by atoms with Crippen molar-refractivity contribution in [1.82, 2.24) is 5.32 Å². The maximum Gasteiger partial charge on any atom is 0.323 e. The summed E-state index contributed by atoms with van der Waals surface area (Å²) in [6.07, 6.45) is 1.31. The Bertz CT molecular complexity index is 507. The SMILES string of the molecule is CCCC(C)(NCc1ccc(OC)c(OC)c1Cl)C(=O)O. The fraction of sp³-hybridized carbons (Fsp3) is 0.533. The minimum atomic E-state index is -0.981. The van der Waals surface area contributed by atoms with Crippen LogP contribution in [0.1, 0.15) is 32.3 Å². The number of nitrogens with one attached hydrogen (secondary N) is 1. The first-order chi connectivity index (χ1) is 9.89. The minimum absolute atomic E-state index is 0.335. The molecule has 0 aromatic heterocycles. The van der Waals surface area contributed by atoms with Gasteiger partial charge < -0.3 is 14.6 Å². The summed E-state index contributed by atoms with van der Waals surface area (Å²) >= 11 is 6.29.